The molecule has 0 radical (unpaired) electrons. The highest BCUT2D eigenvalue weighted by atomic mass is 32.2. The van der Waals surface area contributed by atoms with Crippen molar-refractivity contribution in [1.29, 1.82) is 0 Å². The zero-order valence-corrected chi connectivity index (χ0v) is 13.4. The Hall–Kier alpha value is -1.14. The number of aromatic nitrogens is 1. The van der Waals surface area contributed by atoms with Crippen molar-refractivity contribution >= 4 is 15.7 Å². The number of hydrogen-bond donors (Lipinski definition) is 1. The second-order valence-corrected chi connectivity index (χ2v) is 8.17. The van der Waals surface area contributed by atoms with Gasteiger partial charge in [-0.15, -0.1) is 0 Å². The van der Waals surface area contributed by atoms with Gasteiger partial charge in [0.2, 0.25) is 0 Å². The molecule has 20 heavy (non-hydrogen) atoms. The van der Waals surface area contributed by atoms with E-state index in [9.17, 15) is 8.42 Å². The molecule has 1 fully saturated rings. The van der Waals surface area contributed by atoms with E-state index >= 15 is 0 Å². The quantitative estimate of drug-likeness (QED) is 0.929. The summed E-state index contributed by atoms with van der Waals surface area (Å²) >= 11 is 0. The topological polar surface area (TPSA) is 62.3 Å². The Bertz CT molecular complexity index is 578. The first kappa shape index (κ1) is 15.3. The van der Waals surface area contributed by atoms with Crippen LogP contribution < -0.4 is 5.32 Å². The second kappa shape index (κ2) is 5.33. The van der Waals surface area contributed by atoms with Crippen LogP contribution in [0.3, 0.4) is 0 Å². The maximum Gasteiger partial charge on any atom is 0.262 e. The molecule has 1 aromatic rings. The van der Waals surface area contributed by atoms with Crippen LogP contribution in [-0.4, -0.2) is 37.8 Å². The van der Waals surface area contributed by atoms with Gasteiger partial charge in [-0.25, -0.2) is 13.4 Å². The van der Waals surface area contributed by atoms with E-state index < -0.39 is 10.0 Å². The van der Waals surface area contributed by atoms with Gasteiger partial charge in [-0.2, -0.15) is 4.31 Å². The van der Waals surface area contributed by atoms with E-state index in [0.29, 0.717) is 24.7 Å². The summed E-state index contributed by atoms with van der Waals surface area (Å²) in [7, 11) is -1.81. The minimum absolute atomic E-state index is 0.122. The molecule has 1 aliphatic rings. The lowest BCUT2D eigenvalue weighted by Gasteiger charge is -2.26. The molecule has 0 saturated carbocycles. The van der Waals surface area contributed by atoms with E-state index in [1.165, 1.54) is 6.20 Å². The third-order valence-corrected chi connectivity index (χ3v) is 5.83. The Morgan fingerprint density at radius 2 is 2.10 bits per heavy atom. The average molecular weight is 297 g/mol. The summed E-state index contributed by atoms with van der Waals surface area (Å²) in [5.41, 5.74) is 0.673. The van der Waals surface area contributed by atoms with Crippen molar-refractivity contribution in [3.63, 3.8) is 0 Å². The molecular formula is C14H23N3O2S. The summed E-state index contributed by atoms with van der Waals surface area (Å²) < 4.78 is 27.0. The maximum absolute atomic E-state index is 12.7. The monoisotopic (exact) mass is 297 g/mol. The van der Waals surface area contributed by atoms with Crippen LogP contribution in [0, 0.1) is 11.3 Å². The zero-order valence-electron chi connectivity index (χ0n) is 12.5. The molecule has 0 amide bonds. The highest BCUT2D eigenvalue weighted by Crippen LogP contribution is 2.36. The molecule has 1 saturated heterocycles. The summed E-state index contributed by atoms with van der Waals surface area (Å²) in [5, 5.41) is 3.02. The van der Waals surface area contributed by atoms with Gasteiger partial charge < -0.3 is 5.32 Å². The smallest absolute Gasteiger partial charge is 0.262 e. The van der Waals surface area contributed by atoms with E-state index in [1.54, 1.807) is 23.5 Å². The molecule has 1 N–H and O–H groups in total. The summed E-state index contributed by atoms with van der Waals surface area (Å²) in [6.07, 6.45) is 2.43. The van der Waals surface area contributed by atoms with Gasteiger partial charge in [0.25, 0.3) is 10.0 Å². The number of nitrogens with zero attached hydrogens (tertiary/aromatic N) is 2. The fraction of sp³-hybridized carbons (Fsp3) is 0.643. The van der Waals surface area contributed by atoms with Crippen molar-refractivity contribution in [1.82, 2.24) is 9.29 Å². The molecule has 0 aliphatic carbocycles. The molecule has 2 rings (SSSR count). The predicted molar refractivity (Wildman–Crippen MR) is 80.1 cm³/mol. The largest absolute Gasteiger partial charge is 0.386 e. The second-order valence-electron chi connectivity index (χ2n) is 6.32. The summed E-state index contributed by atoms with van der Waals surface area (Å²) in [6, 6.07) is 3.46. The summed E-state index contributed by atoms with van der Waals surface area (Å²) in [4.78, 5) is 4.06. The third-order valence-electron chi connectivity index (χ3n) is 4.00. The van der Waals surface area contributed by atoms with Crippen molar-refractivity contribution in [2.45, 2.75) is 32.2 Å². The van der Waals surface area contributed by atoms with Gasteiger partial charge in [-0.3, -0.25) is 0 Å². The SMILES string of the molecule is CNc1cccnc1S(=O)(=O)N1CCC(C(C)(C)C)C1. The normalized spacial score (nSPS) is 21.1. The van der Waals surface area contributed by atoms with E-state index in [2.05, 4.69) is 31.1 Å². The van der Waals surface area contributed by atoms with E-state index in [1.807, 2.05) is 0 Å². The van der Waals surface area contributed by atoms with E-state index in [-0.39, 0.29) is 10.4 Å². The van der Waals surface area contributed by atoms with Crippen LogP contribution in [0.4, 0.5) is 5.69 Å². The number of anilines is 1. The van der Waals surface area contributed by atoms with Crippen LogP contribution in [-0.2, 0) is 10.0 Å². The molecule has 1 aliphatic heterocycles. The van der Waals surface area contributed by atoms with Crippen LogP contribution in [0.1, 0.15) is 27.2 Å². The lowest BCUT2D eigenvalue weighted by Crippen LogP contribution is -2.32. The van der Waals surface area contributed by atoms with Crippen molar-refractivity contribution < 1.29 is 8.42 Å². The maximum atomic E-state index is 12.7. The van der Waals surface area contributed by atoms with E-state index in [4.69, 9.17) is 0 Å². The van der Waals surface area contributed by atoms with Crippen molar-refractivity contribution in [2.75, 3.05) is 25.5 Å². The van der Waals surface area contributed by atoms with Crippen LogP contribution in [0.5, 0.6) is 0 Å². The van der Waals surface area contributed by atoms with Crippen LogP contribution in [0.25, 0.3) is 0 Å². The molecule has 6 heteroatoms. The lowest BCUT2D eigenvalue weighted by molar-refractivity contribution is 0.252. The first-order valence-electron chi connectivity index (χ1n) is 6.89. The Morgan fingerprint density at radius 1 is 1.40 bits per heavy atom. The first-order valence-corrected chi connectivity index (χ1v) is 8.33. The molecule has 2 heterocycles. The summed E-state index contributed by atoms with van der Waals surface area (Å²) in [6.45, 7) is 7.63. The Balaban J connectivity index is 2.29. The molecule has 112 valence electrons. The predicted octanol–water partition coefficient (Wildman–Crippen LogP) is 2.18. The highest BCUT2D eigenvalue weighted by Gasteiger charge is 2.38. The standard InChI is InChI=1S/C14H23N3O2S/c1-14(2,3)11-7-9-17(10-11)20(18,19)13-12(15-4)6-5-8-16-13/h5-6,8,11,15H,7,9-10H2,1-4H3. The first-order chi connectivity index (χ1) is 9.26. The van der Waals surface area contributed by atoms with Gasteiger partial charge in [0.05, 0.1) is 5.69 Å². The van der Waals surface area contributed by atoms with Gasteiger partial charge in [0.15, 0.2) is 5.03 Å². The molecule has 0 aromatic carbocycles. The summed E-state index contributed by atoms with van der Waals surface area (Å²) in [5.74, 6) is 0.388. The minimum Gasteiger partial charge on any atom is -0.386 e. The molecule has 5 nitrogen and oxygen atoms in total. The number of nitrogens with one attached hydrogen (secondary N) is 1. The molecule has 1 unspecified atom stereocenters. The minimum atomic E-state index is -3.51. The van der Waals surface area contributed by atoms with Crippen LogP contribution in [0.2, 0.25) is 0 Å². The van der Waals surface area contributed by atoms with Gasteiger partial charge in [-0.05, 0) is 29.9 Å². The van der Waals surface area contributed by atoms with Crippen molar-refractivity contribution in [2.24, 2.45) is 11.3 Å². The van der Waals surface area contributed by atoms with Crippen molar-refractivity contribution in [3.05, 3.63) is 18.3 Å². The number of hydrogen-bond acceptors (Lipinski definition) is 4. The zero-order chi connectivity index (χ0) is 15.0. The lowest BCUT2D eigenvalue weighted by atomic mass is 9.80. The fourth-order valence-corrected chi connectivity index (χ4v) is 4.17. The molecule has 1 aromatic heterocycles. The average Bonchev–Trinajstić information content (AvgIpc) is 2.88. The molecule has 0 spiro atoms. The van der Waals surface area contributed by atoms with Crippen molar-refractivity contribution in [3.8, 4) is 0 Å². The third kappa shape index (κ3) is 2.81. The number of rotatable bonds is 3. The van der Waals surface area contributed by atoms with Gasteiger partial charge >= 0.3 is 0 Å². The number of pyridine rings is 1. The molecular weight excluding hydrogens is 274 g/mol. The van der Waals surface area contributed by atoms with Gasteiger partial charge in [0.1, 0.15) is 0 Å². The highest BCUT2D eigenvalue weighted by molar-refractivity contribution is 7.89. The number of sulfonamides is 1. The molecule has 1 atom stereocenters. The molecule has 0 bridgehead atoms. The van der Waals surface area contributed by atoms with Crippen LogP contribution >= 0.6 is 0 Å². The van der Waals surface area contributed by atoms with Gasteiger partial charge in [0, 0.05) is 26.3 Å². The van der Waals surface area contributed by atoms with E-state index in [0.717, 1.165) is 6.42 Å². The fourth-order valence-electron chi connectivity index (χ4n) is 2.56. The Kier molecular flexibility index (Phi) is 4.07. The Labute approximate surface area is 121 Å². The van der Waals surface area contributed by atoms with Crippen LogP contribution in [0.15, 0.2) is 23.4 Å². The van der Waals surface area contributed by atoms with Gasteiger partial charge in [-0.1, -0.05) is 20.8 Å². The Morgan fingerprint density at radius 3 is 2.65 bits per heavy atom.